The summed E-state index contributed by atoms with van der Waals surface area (Å²) < 4.78 is 40.3. The zero-order valence-corrected chi connectivity index (χ0v) is 28.9. The summed E-state index contributed by atoms with van der Waals surface area (Å²) in [7, 11) is -1.48. The SMILES string of the molecule is COc1ccc(S(=O)(=O)N(CC(=O)N(Cc2ccc(Cl)c(Cl)c2)[C@H](Cc2ccccc2)C(=O)NC(C)C)c2ccccc2)cc1OC. The van der Waals surface area contributed by atoms with Gasteiger partial charge in [-0.15, -0.1) is 0 Å². The number of nitrogens with zero attached hydrogens (tertiary/aromatic N) is 2. The Hall–Kier alpha value is -4.25. The monoisotopic (exact) mass is 697 g/mol. The minimum Gasteiger partial charge on any atom is -0.493 e. The molecule has 2 amide bonds. The molecule has 0 aromatic heterocycles. The average Bonchev–Trinajstić information content (AvgIpc) is 3.06. The van der Waals surface area contributed by atoms with Crippen LogP contribution in [0, 0.1) is 0 Å². The maximum absolute atomic E-state index is 14.5. The second-order valence-electron chi connectivity index (χ2n) is 11.0. The largest absolute Gasteiger partial charge is 0.493 e. The second-order valence-corrected chi connectivity index (χ2v) is 13.7. The van der Waals surface area contributed by atoms with E-state index in [1.54, 1.807) is 48.5 Å². The number of methoxy groups -OCH3 is 2. The molecule has 9 nitrogen and oxygen atoms in total. The number of ether oxygens (including phenoxy) is 2. The Morgan fingerprint density at radius 2 is 1.43 bits per heavy atom. The number of sulfonamides is 1. The Balaban J connectivity index is 1.82. The van der Waals surface area contributed by atoms with E-state index in [-0.39, 0.29) is 46.3 Å². The summed E-state index contributed by atoms with van der Waals surface area (Å²) in [5, 5.41) is 3.55. The lowest BCUT2D eigenvalue weighted by Gasteiger charge is -2.34. The number of para-hydroxylation sites is 1. The molecule has 4 rings (SSSR count). The Bertz CT molecular complexity index is 1790. The van der Waals surface area contributed by atoms with Gasteiger partial charge in [0.1, 0.15) is 12.6 Å². The van der Waals surface area contributed by atoms with E-state index in [0.29, 0.717) is 16.3 Å². The molecule has 1 atom stereocenters. The third-order valence-corrected chi connectivity index (χ3v) is 9.81. The fraction of sp³-hybridized carbons (Fsp3) is 0.257. The van der Waals surface area contributed by atoms with Crippen LogP contribution in [0.1, 0.15) is 25.0 Å². The Labute approximate surface area is 286 Å². The first-order chi connectivity index (χ1) is 22.4. The molecule has 12 heteroatoms. The van der Waals surface area contributed by atoms with Gasteiger partial charge in [0.2, 0.25) is 11.8 Å². The zero-order chi connectivity index (χ0) is 34.1. The van der Waals surface area contributed by atoms with Gasteiger partial charge in [0.25, 0.3) is 10.0 Å². The van der Waals surface area contributed by atoms with E-state index in [2.05, 4.69) is 5.32 Å². The van der Waals surface area contributed by atoms with Crippen molar-refractivity contribution in [3.63, 3.8) is 0 Å². The molecular weight excluding hydrogens is 661 g/mol. The molecular formula is C35H37Cl2N3O6S. The van der Waals surface area contributed by atoms with Crippen LogP contribution in [0.3, 0.4) is 0 Å². The number of rotatable bonds is 14. The van der Waals surface area contributed by atoms with Crippen molar-refractivity contribution in [1.29, 1.82) is 0 Å². The molecule has 4 aromatic carbocycles. The normalized spacial score (nSPS) is 11.9. The van der Waals surface area contributed by atoms with E-state index in [0.717, 1.165) is 9.87 Å². The first-order valence-corrected chi connectivity index (χ1v) is 17.0. The number of anilines is 1. The maximum atomic E-state index is 14.5. The van der Waals surface area contributed by atoms with E-state index in [9.17, 15) is 18.0 Å². The van der Waals surface area contributed by atoms with Gasteiger partial charge in [0.05, 0.1) is 34.8 Å². The first kappa shape index (κ1) is 35.6. The molecule has 47 heavy (non-hydrogen) atoms. The highest BCUT2D eigenvalue weighted by molar-refractivity contribution is 7.92. The van der Waals surface area contributed by atoms with E-state index in [1.807, 2.05) is 44.2 Å². The van der Waals surface area contributed by atoms with Crippen LogP contribution in [0.2, 0.25) is 10.0 Å². The van der Waals surface area contributed by atoms with Crippen LogP contribution >= 0.6 is 23.2 Å². The Morgan fingerprint density at radius 1 is 0.787 bits per heavy atom. The van der Waals surface area contributed by atoms with Crippen LogP contribution < -0.4 is 19.1 Å². The number of halogens is 2. The van der Waals surface area contributed by atoms with Crippen LogP contribution in [0.25, 0.3) is 0 Å². The van der Waals surface area contributed by atoms with Crippen molar-refractivity contribution < 1.29 is 27.5 Å². The molecule has 4 aromatic rings. The van der Waals surface area contributed by atoms with E-state index >= 15 is 0 Å². The fourth-order valence-corrected chi connectivity index (χ4v) is 6.75. The van der Waals surface area contributed by atoms with Crippen LogP contribution in [-0.4, -0.2) is 58.0 Å². The number of hydrogen-bond acceptors (Lipinski definition) is 6. The summed E-state index contributed by atoms with van der Waals surface area (Å²) in [6, 6.07) is 25.6. The number of carbonyl (C=O) groups is 2. The van der Waals surface area contributed by atoms with Gasteiger partial charge in [-0.3, -0.25) is 13.9 Å². The summed E-state index contributed by atoms with van der Waals surface area (Å²) >= 11 is 12.5. The van der Waals surface area contributed by atoms with E-state index in [1.165, 1.54) is 37.3 Å². The van der Waals surface area contributed by atoms with Crippen LogP contribution in [-0.2, 0) is 32.6 Å². The summed E-state index contributed by atoms with van der Waals surface area (Å²) in [6.07, 6.45) is 0.181. The second kappa shape index (κ2) is 16.0. The molecule has 0 saturated carbocycles. The van der Waals surface area contributed by atoms with Gasteiger partial charge in [-0.2, -0.15) is 0 Å². The van der Waals surface area contributed by atoms with Crippen molar-refractivity contribution >= 4 is 50.7 Å². The highest BCUT2D eigenvalue weighted by Crippen LogP contribution is 2.32. The van der Waals surface area contributed by atoms with Crippen molar-refractivity contribution in [3.8, 4) is 11.5 Å². The third kappa shape index (κ3) is 8.97. The van der Waals surface area contributed by atoms with Crippen LogP contribution in [0.5, 0.6) is 11.5 Å². The smallest absolute Gasteiger partial charge is 0.264 e. The lowest BCUT2D eigenvalue weighted by atomic mass is 10.0. The predicted molar refractivity (Wildman–Crippen MR) is 185 cm³/mol. The van der Waals surface area contributed by atoms with Crippen LogP contribution in [0.15, 0.2) is 102 Å². The molecule has 0 unspecified atom stereocenters. The van der Waals surface area contributed by atoms with Crippen molar-refractivity contribution in [1.82, 2.24) is 10.2 Å². The van der Waals surface area contributed by atoms with E-state index < -0.39 is 28.5 Å². The Kier molecular flexibility index (Phi) is 12.1. The standard InChI is InChI=1S/C35H37Cl2N3O6S/c1-24(2)38-35(42)31(20-25-11-7-5-8-12-25)39(22-26-15-17-29(36)30(37)19-26)34(41)23-40(27-13-9-6-10-14-27)47(43,44)28-16-18-32(45-3)33(21-28)46-4/h5-19,21,24,31H,20,22-23H2,1-4H3,(H,38,42)/t31-/m1/s1. The summed E-state index contributed by atoms with van der Waals surface area (Å²) in [5.41, 5.74) is 1.69. The van der Waals surface area contributed by atoms with Gasteiger partial charge < -0.3 is 19.7 Å². The van der Waals surface area contributed by atoms with Crippen molar-refractivity contribution in [2.75, 3.05) is 25.1 Å². The van der Waals surface area contributed by atoms with Gasteiger partial charge in [0, 0.05) is 25.1 Å². The molecule has 0 saturated heterocycles. The molecule has 1 N–H and O–H groups in total. The van der Waals surface area contributed by atoms with Crippen molar-refractivity contribution in [2.24, 2.45) is 0 Å². The predicted octanol–water partition coefficient (Wildman–Crippen LogP) is 6.37. The minimum atomic E-state index is -4.34. The highest BCUT2D eigenvalue weighted by atomic mass is 35.5. The molecule has 0 bridgehead atoms. The summed E-state index contributed by atoms with van der Waals surface area (Å²) in [4.78, 5) is 29.6. The first-order valence-electron chi connectivity index (χ1n) is 14.8. The van der Waals surface area contributed by atoms with E-state index in [4.69, 9.17) is 32.7 Å². The molecule has 0 aliphatic carbocycles. The molecule has 248 valence electrons. The number of nitrogens with one attached hydrogen (secondary N) is 1. The fourth-order valence-electron chi connectivity index (χ4n) is 5.00. The van der Waals surface area contributed by atoms with Crippen molar-refractivity contribution in [2.45, 2.75) is 43.8 Å². The van der Waals surface area contributed by atoms with Crippen molar-refractivity contribution in [3.05, 3.63) is 118 Å². The maximum Gasteiger partial charge on any atom is 0.264 e. The average molecular weight is 699 g/mol. The highest BCUT2D eigenvalue weighted by Gasteiger charge is 2.35. The third-order valence-electron chi connectivity index (χ3n) is 7.31. The lowest BCUT2D eigenvalue weighted by molar-refractivity contribution is -0.140. The summed E-state index contributed by atoms with van der Waals surface area (Å²) in [6.45, 7) is 3.00. The molecule has 0 heterocycles. The lowest BCUT2D eigenvalue weighted by Crippen LogP contribution is -2.54. The van der Waals surface area contributed by atoms with Gasteiger partial charge in [0.15, 0.2) is 11.5 Å². The van der Waals surface area contributed by atoms with Crippen LogP contribution in [0.4, 0.5) is 5.69 Å². The molecule has 0 radical (unpaired) electrons. The van der Waals surface area contributed by atoms with Gasteiger partial charge >= 0.3 is 0 Å². The molecule has 0 spiro atoms. The number of hydrogen-bond donors (Lipinski definition) is 1. The van der Waals surface area contributed by atoms with Gasteiger partial charge in [-0.05, 0) is 61.4 Å². The zero-order valence-electron chi connectivity index (χ0n) is 26.5. The molecule has 0 aliphatic rings. The Morgan fingerprint density at radius 3 is 2.02 bits per heavy atom. The number of benzene rings is 4. The minimum absolute atomic E-state index is 0.0439. The number of amides is 2. The topological polar surface area (TPSA) is 105 Å². The molecule has 0 aliphatic heterocycles. The summed E-state index contributed by atoms with van der Waals surface area (Å²) in [5.74, 6) is -0.431. The van der Waals surface area contributed by atoms with Gasteiger partial charge in [-0.25, -0.2) is 8.42 Å². The number of carbonyl (C=O) groups excluding carboxylic acids is 2. The molecule has 0 fully saturated rings. The quantitative estimate of drug-likeness (QED) is 0.164. The van der Waals surface area contributed by atoms with Gasteiger partial charge in [-0.1, -0.05) is 77.8 Å².